The quantitative estimate of drug-likeness (QED) is 0.709. The van der Waals surface area contributed by atoms with Crippen molar-refractivity contribution in [2.24, 2.45) is 5.92 Å². The number of hydrogen-bond donors (Lipinski definition) is 2. The molecular weight excluding hydrogens is 360 g/mol. The number of benzene rings is 2. The van der Waals surface area contributed by atoms with Crippen molar-refractivity contribution in [2.45, 2.75) is 6.42 Å². The lowest BCUT2D eigenvalue weighted by Gasteiger charge is -2.15. The largest absolute Gasteiger partial charge is 0.497 e. The van der Waals surface area contributed by atoms with E-state index in [-0.39, 0.29) is 24.8 Å². The number of carbonyl (C=O) groups excluding carboxylic acids is 2. The van der Waals surface area contributed by atoms with Crippen LogP contribution >= 0.6 is 0 Å². The topological polar surface area (TPSA) is 96.5 Å². The highest BCUT2D eigenvalue weighted by atomic mass is 16.5. The second-order valence-corrected chi connectivity index (χ2v) is 6.55. The number of amides is 2. The zero-order valence-electron chi connectivity index (χ0n) is 15.6. The monoisotopic (exact) mass is 380 g/mol. The van der Waals surface area contributed by atoms with Gasteiger partial charge in [-0.1, -0.05) is 12.1 Å². The Morgan fingerprint density at radius 2 is 2.04 bits per heavy atom. The molecule has 0 spiro atoms. The molecular formula is C20H20N4O4. The van der Waals surface area contributed by atoms with E-state index in [2.05, 4.69) is 15.5 Å². The zero-order chi connectivity index (χ0) is 19.7. The zero-order valence-corrected chi connectivity index (χ0v) is 15.6. The van der Waals surface area contributed by atoms with Gasteiger partial charge in [-0.3, -0.25) is 19.6 Å². The summed E-state index contributed by atoms with van der Waals surface area (Å²) in [5.74, 6) is 0.834. The molecule has 1 atom stereocenters. The van der Waals surface area contributed by atoms with Gasteiger partial charge in [0.15, 0.2) is 5.82 Å². The van der Waals surface area contributed by atoms with Gasteiger partial charge >= 0.3 is 0 Å². The van der Waals surface area contributed by atoms with E-state index in [9.17, 15) is 9.59 Å². The van der Waals surface area contributed by atoms with E-state index in [4.69, 9.17) is 9.47 Å². The fraction of sp³-hybridized carbons (Fsp3) is 0.250. The molecule has 2 aromatic carbocycles. The van der Waals surface area contributed by atoms with Crippen LogP contribution in [0.5, 0.6) is 11.5 Å². The Morgan fingerprint density at radius 3 is 2.82 bits per heavy atom. The van der Waals surface area contributed by atoms with Crippen LogP contribution < -0.4 is 19.7 Å². The van der Waals surface area contributed by atoms with Crippen molar-refractivity contribution in [1.29, 1.82) is 0 Å². The Labute approximate surface area is 161 Å². The van der Waals surface area contributed by atoms with E-state index >= 15 is 0 Å². The first-order chi connectivity index (χ1) is 13.6. The minimum atomic E-state index is -0.477. The van der Waals surface area contributed by atoms with E-state index in [0.717, 1.165) is 10.9 Å². The van der Waals surface area contributed by atoms with Gasteiger partial charge in [0.1, 0.15) is 11.5 Å². The summed E-state index contributed by atoms with van der Waals surface area (Å²) in [5, 5.41) is 10.9. The summed E-state index contributed by atoms with van der Waals surface area (Å²) in [5.41, 5.74) is 1.38. The standard InChI is InChI=1S/C20H20N4O4/c1-27-13-7-8-16(17(10-13)28-2)21-20(26)12-9-18(25)24(11-12)19-14-5-3-4-6-15(14)22-23-19/h3-8,10,12H,9,11H2,1-2H3,(H,21,26)(H,22,23)/t12-/m0/s1. The van der Waals surface area contributed by atoms with E-state index in [1.165, 1.54) is 7.11 Å². The summed E-state index contributed by atoms with van der Waals surface area (Å²) < 4.78 is 10.5. The number of hydrogen-bond acceptors (Lipinski definition) is 5. The number of anilines is 2. The molecule has 2 heterocycles. The first-order valence-electron chi connectivity index (χ1n) is 8.87. The van der Waals surface area contributed by atoms with Crippen LogP contribution in [0.4, 0.5) is 11.5 Å². The van der Waals surface area contributed by atoms with Crippen molar-refractivity contribution in [3.8, 4) is 11.5 Å². The Morgan fingerprint density at radius 1 is 1.21 bits per heavy atom. The molecule has 1 saturated heterocycles. The lowest BCUT2D eigenvalue weighted by molar-refractivity contribution is -0.122. The van der Waals surface area contributed by atoms with E-state index in [0.29, 0.717) is 23.0 Å². The number of rotatable bonds is 5. The number of ether oxygens (including phenoxy) is 2. The summed E-state index contributed by atoms with van der Waals surface area (Å²) >= 11 is 0. The van der Waals surface area contributed by atoms with E-state index < -0.39 is 5.92 Å². The first-order valence-corrected chi connectivity index (χ1v) is 8.87. The van der Waals surface area contributed by atoms with Crippen LogP contribution in [0.15, 0.2) is 42.5 Å². The predicted molar refractivity (Wildman–Crippen MR) is 105 cm³/mol. The third kappa shape index (κ3) is 3.13. The SMILES string of the molecule is COc1ccc(NC(=O)[C@H]2CC(=O)N(c3n[nH]c4ccccc34)C2)c(OC)c1. The normalized spacial score (nSPS) is 16.4. The molecule has 2 amide bonds. The van der Waals surface area contributed by atoms with E-state index in [1.807, 2.05) is 24.3 Å². The maximum atomic E-state index is 12.8. The number of carbonyl (C=O) groups is 2. The van der Waals surface area contributed by atoms with Crippen molar-refractivity contribution in [1.82, 2.24) is 10.2 Å². The molecule has 8 heteroatoms. The maximum Gasteiger partial charge on any atom is 0.229 e. The van der Waals surface area contributed by atoms with Crippen LogP contribution in [-0.4, -0.2) is 42.8 Å². The molecule has 0 unspecified atom stereocenters. The summed E-state index contributed by atoms with van der Waals surface area (Å²) in [7, 11) is 3.08. The summed E-state index contributed by atoms with van der Waals surface area (Å²) in [6.07, 6.45) is 0.130. The molecule has 0 saturated carbocycles. The van der Waals surface area contributed by atoms with Crippen LogP contribution in [0.2, 0.25) is 0 Å². The number of aromatic amines is 1. The molecule has 144 valence electrons. The summed E-state index contributed by atoms with van der Waals surface area (Å²) in [6.45, 7) is 0.276. The second kappa shape index (κ2) is 7.22. The minimum absolute atomic E-state index is 0.126. The molecule has 0 aliphatic carbocycles. The van der Waals surface area contributed by atoms with Crippen LogP contribution in [0.25, 0.3) is 10.9 Å². The number of para-hydroxylation sites is 1. The van der Waals surface area contributed by atoms with Gasteiger partial charge in [0.25, 0.3) is 0 Å². The second-order valence-electron chi connectivity index (χ2n) is 6.55. The number of aromatic nitrogens is 2. The molecule has 1 fully saturated rings. The molecule has 1 aliphatic heterocycles. The molecule has 28 heavy (non-hydrogen) atoms. The van der Waals surface area contributed by atoms with Gasteiger partial charge in [0.05, 0.1) is 31.3 Å². The average Bonchev–Trinajstić information content (AvgIpc) is 3.31. The minimum Gasteiger partial charge on any atom is -0.497 e. The van der Waals surface area contributed by atoms with Gasteiger partial charge in [0, 0.05) is 24.4 Å². The Bertz CT molecular complexity index is 1050. The van der Waals surface area contributed by atoms with E-state index in [1.54, 1.807) is 30.2 Å². The van der Waals surface area contributed by atoms with Gasteiger partial charge in [0.2, 0.25) is 11.8 Å². The summed E-state index contributed by atoms with van der Waals surface area (Å²) in [6, 6.07) is 12.7. The number of fused-ring (bicyclic) bond motifs is 1. The number of nitrogens with one attached hydrogen (secondary N) is 2. The van der Waals surface area contributed by atoms with Crippen molar-refractivity contribution < 1.29 is 19.1 Å². The van der Waals surface area contributed by atoms with Crippen molar-refractivity contribution in [3.05, 3.63) is 42.5 Å². The predicted octanol–water partition coefficient (Wildman–Crippen LogP) is 2.57. The first kappa shape index (κ1) is 17.8. The van der Waals surface area contributed by atoms with Crippen LogP contribution in [-0.2, 0) is 9.59 Å². The van der Waals surface area contributed by atoms with Crippen molar-refractivity contribution in [2.75, 3.05) is 31.0 Å². The maximum absolute atomic E-state index is 12.8. The lowest BCUT2D eigenvalue weighted by atomic mass is 10.1. The molecule has 3 aromatic rings. The number of nitrogens with zero attached hydrogens (tertiary/aromatic N) is 2. The third-order valence-electron chi connectivity index (χ3n) is 4.87. The highest BCUT2D eigenvalue weighted by Crippen LogP contribution is 2.32. The van der Waals surface area contributed by atoms with Gasteiger partial charge < -0.3 is 14.8 Å². The molecule has 8 nitrogen and oxygen atoms in total. The van der Waals surface area contributed by atoms with Crippen LogP contribution in [0.1, 0.15) is 6.42 Å². The summed E-state index contributed by atoms with van der Waals surface area (Å²) in [4.78, 5) is 26.9. The van der Waals surface area contributed by atoms with Crippen LogP contribution in [0.3, 0.4) is 0 Å². The molecule has 0 bridgehead atoms. The molecule has 0 radical (unpaired) electrons. The Hall–Kier alpha value is -3.55. The smallest absolute Gasteiger partial charge is 0.229 e. The lowest BCUT2D eigenvalue weighted by Crippen LogP contribution is -2.28. The Balaban J connectivity index is 1.52. The molecule has 1 aromatic heterocycles. The van der Waals surface area contributed by atoms with Crippen LogP contribution in [0, 0.1) is 5.92 Å². The third-order valence-corrected chi connectivity index (χ3v) is 4.87. The number of methoxy groups -OCH3 is 2. The van der Waals surface area contributed by atoms with Gasteiger partial charge in [-0.15, -0.1) is 0 Å². The van der Waals surface area contributed by atoms with Crippen molar-refractivity contribution in [3.63, 3.8) is 0 Å². The van der Waals surface area contributed by atoms with Crippen molar-refractivity contribution >= 4 is 34.2 Å². The molecule has 1 aliphatic rings. The van der Waals surface area contributed by atoms with Gasteiger partial charge in [-0.2, -0.15) is 5.10 Å². The highest BCUT2D eigenvalue weighted by Gasteiger charge is 2.37. The number of H-pyrrole nitrogens is 1. The highest BCUT2D eigenvalue weighted by molar-refractivity contribution is 6.07. The Kier molecular flexibility index (Phi) is 4.60. The van der Waals surface area contributed by atoms with Gasteiger partial charge in [-0.05, 0) is 24.3 Å². The van der Waals surface area contributed by atoms with Gasteiger partial charge in [-0.25, -0.2) is 0 Å². The fourth-order valence-corrected chi connectivity index (χ4v) is 3.38. The molecule has 4 rings (SSSR count). The average molecular weight is 380 g/mol. The molecule has 2 N–H and O–H groups in total. The fourth-order valence-electron chi connectivity index (χ4n) is 3.38.